The van der Waals surface area contributed by atoms with Crippen LogP contribution >= 0.6 is 0 Å². The highest BCUT2D eigenvalue weighted by Gasteiger charge is 2.17. The van der Waals surface area contributed by atoms with Gasteiger partial charge in [-0.25, -0.2) is 4.79 Å². The lowest BCUT2D eigenvalue weighted by atomic mass is 10.4. The van der Waals surface area contributed by atoms with Crippen molar-refractivity contribution in [2.75, 3.05) is 46.6 Å². The molecule has 7 nitrogen and oxygen atoms in total. The van der Waals surface area contributed by atoms with Crippen molar-refractivity contribution in [3.8, 4) is 0 Å². The number of nitrogens with zero attached hydrogens (tertiary/aromatic N) is 1. The molecule has 17 heavy (non-hydrogen) atoms. The normalized spacial score (nSPS) is 12.2. The number of alkyl carbamates (subject to hydrolysis) is 1. The van der Waals surface area contributed by atoms with E-state index in [-0.39, 0.29) is 12.4 Å². The SMILES string of the molecule is CNC(=O)OCC[N+](C)(C)CCCS(=O)(=O)O. The van der Waals surface area contributed by atoms with Crippen LogP contribution in [0.25, 0.3) is 0 Å². The Hall–Kier alpha value is -0.860. The molecule has 0 unspecified atom stereocenters. The van der Waals surface area contributed by atoms with Crippen LogP contribution in [0.2, 0.25) is 0 Å². The molecule has 0 bridgehead atoms. The molecule has 0 spiro atoms. The Morgan fingerprint density at radius 2 is 1.94 bits per heavy atom. The zero-order valence-electron chi connectivity index (χ0n) is 10.5. The van der Waals surface area contributed by atoms with Crippen molar-refractivity contribution in [1.82, 2.24) is 5.32 Å². The number of likely N-dealkylation sites (N-methyl/N-ethyl adjacent to an activating group) is 1. The predicted octanol–water partition coefficient (Wildman–Crippen LogP) is -0.303. The van der Waals surface area contributed by atoms with Crippen LogP contribution in [-0.2, 0) is 14.9 Å². The molecule has 0 atom stereocenters. The zero-order valence-corrected chi connectivity index (χ0v) is 11.3. The third-order valence-corrected chi connectivity index (χ3v) is 3.10. The fourth-order valence-electron chi connectivity index (χ4n) is 1.24. The number of hydrogen-bond acceptors (Lipinski definition) is 4. The van der Waals surface area contributed by atoms with Gasteiger partial charge in [-0.1, -0.05) is 0 Å². The van der Waals surface area contributed by atoms with Crippen molar-refractivity contribution in [3.05, 3.63) is 0 Å². The molecule has 0 aromatic rings. The van der Waals surface area contributed by atoms with E-state index < -0.39 is 16.2 Å². The van der Waals surface area contributed by atoms with Gasteiger partial charge < -0.3 is 14.5 Å². The molecule has 0 aliphatic heterocycles. The number of amides is 1. The Bertz CT molecular complexity index is 339. The monoisotopic (exact) mass is 269 g/mol. The molecule has 0 saturated heterocycles. The lowest BCUT2D eigenvalue weighted by molar-refractivity contribution is -0.890. The second-order valence-electron chi connectivity index (χ2n) is 4.41. The van der Waals surface area contributed by atoms with E-state index in [4.69, 9.17) is 9.29 Å². The van der Waals surface area contributed by atoms with E-state index in [2.05, 4.69) is 5.32 Å². The molecular weight excluding hydrogens is 248 g/mol. The minimum atomic E-state index is -3.89. The maximum absolute atomic E-state index is 10.8. The molecule has 102 valence electrons. The number of quaternary nitrogens is 1. The molecule has 1 amide bonds. The summed E-state index contributed by atoms with van der Waals surface area (Å²) in [5.74, 6) is -0.245. The first-order valence-corrected chi connectivity index (χ1v) is 6.89. The van der Waals surface area contributed by atoms with Crippen molar-refractivity contribution in [3.63, 3.8) is 0 Å². The van der Waals surface area contributed by atoms with Gasteiger partial charge >= 0.3 is 6.09 Å². The maximum atomic E-state index is 10.8. The number of carbonyl (C=O) groups excluding carboxylic acids is 1. The quantitative estimate of drug-likeness (QED) is 0.489. The van der Waals surface area contributed by atoms with Crippen LogP contribution in [0.1, 0.15) is 6.42 Å². The Kier molecular flexibility index (Phi) is 6.43. The Morgan fingerprint density at radius 3 is 2.41 bits per heavy atom. The summed E-state index contributed by atoms with van der Waals surface area (Å²) in [7, 11) is 1.39. The summed E-state index contributed by atoms with van der Waals surface area (Å²) in [5, 5.41) is 2.33. The highest BCUT2D eigenvalue weighted by molar-refractivity contribution is 7.85. The minimum absolute atomic E-state index is 0.245. The second kappa shape index (κ2) is 6.77. The van der Waals surface area contributed by atoms with Gasteiger partial charge in [-0.3, -0.25) is 4.55 Å². The van der Waals surface area contributed by atoms with Crippen LogP contribution in [0.15, 0.2) is 0 Å². The van der Waals surface area contributed by atoms with E-state index in [9.17, 15) is 13.2 Å². The summed E-state index contributed by atoms with van der Waals surface area (Å²) >= 11 is 0. The summed E-state index contributed by atoms with van der Waals surface area (Å²) in [6, 6.07) is 0. The highest BCUT2D eigenvalue weighted by atomic mass is 32.2. The molecule has 2 N–H and O–H groups in total. The fraction of sp³-hybridized carbons (Fsp3) is 0.889. The summed E-state index contributed by atoms with van der Waals surface area (Å²) < 4.78 is 35.0. The zero-order chi connectivity index (χ0) is 13.5. The molecule has 0 heterocycles. The standard InChI is InChI=1S/C9H20N2O5S/c1-10-9(12)16-7-6-11(2,3)5-4-8-17(13,14)15/h4-8H2,1-3H3,(H-,10,12,13,14,15)/p+1. The largest absolute Gasteiger partial charge is 0.444 e. The fourth-order valence-corrected chi connectivity index (χ4v) is 1.74. The van der Waals surface area contributed by atoms with Crippen molar-refractivity contribution in [2.24, 2.45) is 0 Å². The van der Waals surface area contributed by atoms with Crippen LogP contribution in [-0.4, -0.2) is 70.1 Å². The third-order valence-electron chi connectivity index (χ3n) is 2.30. The van der Waals surface area contributed by atoms with Crippen molar-refractivity contribution >= 4 is 16.2 Å². The molecule has 8 heteroatoms. The first-order valence-electron chi connectivity index (χ1n) is 5.28. The van der Waals surface area contributed by atoms with E-state index in [1.807, 2.05) is 14.1 Å². The molecule has 0 aromatic heterocycles. The highest BCUT2D eigenvalue weighted by Crippen LogP contribution is 2.01. The van der Waals surface area contributed by atoms with Gasteiger partial charge in [0.25, 0.3) is 10.1 Å². The van der Waals surface area contributed by atoms with Crippen LogP contribution < -0.4 is 5.32 Å². The maximum Gasteiger partial charge on any atom is 0.407 e. The molecule has 0 rings (SSSR count). The molecule has 0 aliphatic rings. The van der Waals surface area contributed by atoms with Crippen LogP contribution in [0.3, 0.4) is 0 Å². The number of ether oxygens (including phenoxy) is 1. The predicted molar refractivity (Wildman–Crippen MR) is 63.3 cm³/mol. The van der Waals surface area contributed by atoms with Gasteiger partial charge in [0.2, 0.25) is 0 Å². The van der Waals surface area contributed by atoms with E-state index in [1.165, 1.54) is 7.05 Å². The first-order chi connectivity index (χ1) is 7.66. The molecule has 0 fully saturated rings. The molecule has 0 saturated carbocycles. The Labute approximate surface area is 102 Å². The van der Waals surface area contributed by atoms with E-state index in [0.29, 0.717) is 24.0 Å². The average Bonchev–Trinajstić information content (AvgIpc) is 2.14. The van der Waals surface area contributed by atoms with Gasteiger partial charge in [0.1, 0.15) is 13.2 Å². The Balaban J connectivity index is 3.84. The third kappa shape index (κ3) is 10.0. The minimum Gasteiger partial charge on any atom is -0.444 e. The lowest BCUT2D eigenvalue weighted by Gasteiger charge is -2.29. The number of nitrogens with one attached hydrogen (secondary N) is 1. The average molecular weight is 269 g/mol. The van der Waals surface area contributed by atoms with Gasteiger partial charge in [-0.05, 0) is 0 Å². The van der Waals surface area contributed by atoms with Crippen LogP contribution in [0.4, 0.5) is 4.79 Å². The second-order valence-corrected chi connectivity index (χ2v) is 5.98. The van der Waals surface area contributed by atoms with Gasteiger partial charge in [0, 0.05) is 13.5 Å². The molecular formula is C9H21N2O5S+. The number of rotatable bonds is 7. The van der Waals surface area contributed by atoms with Gasteiger partial charge in [-0.15, -0.1) is 0 Å². The van der Waals surface area contributed by atoms with E-state index >= 15 is 0 Å². The van der Waals surface area contributed by atoms with Crippen molar-refractivity contribution in [2.45, 2.75) is 6.42 Å². The molecule has 0 aliphatic carbocycles. The van der Waals surface area contributed by atoms with Crippen molar-refractivity contribution in [1.29, 1.82) is 0 Å². The summed E-state index contributed by atoms with van der Waals surface area (Å²) in [4.78, 5) is 10.8. The van der Waals surface area contributed by atoms with Crippen LogP contribution in [0, 0.1) is 0 Å². The number of hydrogen-bond donors (Lipinski definition) is 2. The van der Waals surface area contributed by atoms with Crippen molar-refractivity contribution < 1.29 is 27.0 Å². The number of carbonyl (C=O) groups is 1. The van der Waals surface area contributed by atoms with Gasteiger partial charge in [0.15, 0.2) is 0 Å². The summed E-state index contributed by atoms with van der Waals surface area (Å²) in [5.41, 5.74) is 0. The molecule has 0 aromatic carbocycles. The summed E-state index contributed by atoms with van der Waals surface area (Å²) in [6.45, 7) is 1.42. The Morgan fingerprint density at radius 1 is 1.35 bits per heavy atom. The lowest BCUT2D eigenvalue weighted by Crippen LogP contribution is -2.44. The summed E-state index contributed by atoms with van der Waals surface area (Å²) in [6.07, 6.45) is -0.117. The van der Waals surface area contributed by atoms with E-state index in [0.717, 1.165) is 0 Å². The van der Waals surface area contributed by atoms with E-state index in [1.54, 1.807) is 0 Å². The topological polar surface area (TPSA) is 92.7 Å². The van der Waals surface area contributed by atoms with Gasteiger partial charge in [-0.2, -0.15) is 8.42 Å². The van der Waals surface area contributed by atoms with Gasteiger partial charge in [0.05, 0.1) is 26.4 Å². The van der Waals surface area contributed by atoms with Crippen LogP contribution in [0.5, 0.6) is 0 Å². The first kappa shape index (κ1) is 16.1. The molecule has 0 radical (unpaired) electrons. The smallest absolute Gasteiger partial charge is 0.407 e.